The van der Waals surface area contributed by atoms with Gasteiger partial charge in [-0.2, -0.15) is 0 Å². The van der Waals surface area contributed by atoms with Gasteiger partial charge >= 0.3 is 0 Å². The van der Waals surface area contributed by atoms with Gasteiger partial charge in [-0.3, -0.25) is 0 Å². The zero-order valence-electron chi connectivity index (χ0n) is 11.7. The van der Waals surface area contributed by atoms with Crippen molar-refractivity contribution in [1.82, 2.24) is 4.90 Å². The van der Waals surface area contributed by atoms with Gasteiger partial charge < -0.3 is 4.90 Å². The summed E-state index contributed by atoms with van der Waals surface area (Å²) < 4.78 is 0. The molecule has 14 heavy (non-hydrogen) atoms. The molecule has 0 aliphatic carbocycles. The number of hydrogen-bond donors (Lipinski definition) is 0. The predicted molar refractivity (Wildman–Crippen MR) is 70.0 cm³/mol. The van der Waals surface area contributed by atoms with Crippen LogP contribution in [0.25, 0.3) is 0 Å². The molecule has 0 saturated heterocycles. The SMILES string of the molecule is CC.CCC.CCCCN(CC)CC. The smallest absolute Gasteiger partial charge is 0.00191 e. The average molecular weight is 203 g/mol. The van der Waals surface area contributed by atoms with E-state index in [0.29, 0.717) is 0 Å². The minimum absolute atomic E-state index is 1.20. The summed E-state index contributed by atoms with van der Waals surface area (Å²) in [5, 5.41) is 0. The molecule has 0 saturated carbocycles. The molecule has 0 N–H and O–H groups in total. The third-order valence-electron chi connectivity index (χ3n) is 1.72. The van der Waals surface area contributed by atoms with Crippen LogP contribution in [0.2, 0.25) is 0 Å². The Morgan fingerprint density at radius 3 is 1.36 bits per heavy atom. The fraction of sp³-hybridized carbons (Fsp3) is 1.00. The molecule has 0 aromatic heterocycles. The Balaban J connectivity index is -0.000000205. The highest BCUT2D eigenvalue weighted by atomic mass is 15.1. The van der Waals surface area contributed by atoms with E-state index in [1.165, 1.54) is 38.9 Å². The maximum atomic E-state index is 2.46. The van der Waals surface area contributed by atoms with E-state index >= 15 is 0 Å². The highest BCUT2D eigenvalue weighted by Crippen LogP contribution is 1.92. The van der Waals surface area contributed by atoms with Crippen LogP contribution in [0.15, 0.2) is 0 Å². The third-order valence-corrected chi connectivity index (χ3v) is 1.72. The quantitative estimate of drug-likeness (QED) is 0.632. The second-order valence-electron chi connectivity index (χ2n) is 3.09. The van der Waals surface area contributed by atoms with Crippen molar-refractivity contribution in [2.24, 2.45) is 0 Å². The van der Waals surface area contributed by atoms with Gasteiger partial charge in [-0.15, -0.1) is 0 Å². The molecule has 0 aliphatic rings. The zero-order valence-corrected chi connectivity index (χ0v) is 11.7. The van der Waals surface area contributed by atoms with E-state index in [9.17, 15) is 0 Å². The van der Waals surface area contributed by atoms with E-state index in [2.05, 4.69) is 39.5 Å². The van der Waals surface area contributed by atoms with Crippen molar-refractivity contribution in [2.45, 2.75) is 67.7 Å². The highest BCUT2D eigenvalue weighted by Gasteiger charge is 1.94. The standard InChI is InChI=1S/C8H19N.C3H8.C2H6/c1-4-7-8-9(5-2)6-3;1-3-2;1-2/h4-8H2,1-3H3;3H2,1-2H3;1-2H3. The maximum Gasteiger partial charge on any atom is -0.00191 e. The molecular formula is C13H33N. The minimum atomic E-state index is 1.20. The van der Waals surface area contributed by atoms with Crippen LogP contribution in [-0.2, 0) is 0 Å². The molecule has 0 unspecified atom stereocenters. The van der Waals surface area contributed by atoms with Crippen LogP contribution < -0.4 is 0 Å². The van der Waals surface area contributed by atoms with Crippen LogP contribution in [0, 0.1) is 0 Å². The highest BCUT2D eigenvalue weighted by molar-refractivity contribution is 4.49. The van der Waals surface area contributed by atoms with Gasteiger partial charge in [0, 0.05) is 0 Å². The van der Waals surface area contributed by atoms with Crippen molar-refractivity contribution in [1.29, 1.82) is 0 Å². The lowest BCUT2D eigenvalue weighted by atomic mass is 10.3. The van der Waals surface area contributed by atoms with Crippen LogP contribution in [0.4, 0.5) is 0 Å². The van der Waals surface area contributed by atoms with Crippen LogP contribution in [0.5, 0.6) is 0 Å². The minimum Gasteiger partial charge on any atom is -0.304 e. The summed E-state index contributed by atoms with van der Waals surface area (Å²) in [5.41, 5.74) is 0. The summed E-state index contributed by atoms with van der Waals surface area (Å²) in [5.74, 6) is 0. The molecule has 0 aromatic carbocycles. The fourth-order valence-electron chi connectivity index (χ4n) is 0.922. The maximum absolute atomic E-state index is 2.46. The van der Waals surface area contributed by atoms with Gasteiger partial charge in [0.15, 0.2) is 0 Å². The number of nitrogens with zero attached hydrogens (tertiary/aromatic N) is 1. The number of rotatable bonds is 5. The van der Waals surface area contributed by atoms with Gasteiger partial charge in [0.05, 0.1) is 0 Å². The first-order valence-corrected chi connectivity index (χ1v) is 6.48. The van der Waals surface area contributed by atoms with Crippen molar-refractivity contribution in [2.75, 3.05) is 19.6 Å². The Morgan fingerprint density at radius 2 is 1.14 bits per heavy atom. The van der Waals surface area contributed by atoms with E-state index in [-0.39, 0.29) is 0 Å². The van der Waals surface area contributed by atoms with Gasteiger partial charge in [-0.25, -0.2) is 0 Å². The monoisotopic (exact) mass is 203 g/mol. The van der Waals surface area contributed by atoms with Crippen molar-refractivity contribution >= 4 is 0 Å². The number of hydrogen-bond acceptors (Lipinski definition) is 1. The molecule has 90 valence electrons. The van der Waals surface area contributed by atoms with Crippen LogP contribution in [-0.4, -0.2) is 24.5 Å². The molecule has 0 rings (SSSR count). The summed E-state index contributed by atoms with van der Waals surface area (Å²) in [6, 6.07) is 0. The van der Waals surface area contributed by atoms with Crippen LogP contribution >= 0.6 is 0 Å². The van der Waals surface area contributed by atoms with Crippen LogP contribution in [0.3, 0.4) is 0 Å². The lowest BCUT2D eigenvalue weighted by Gasteiger charge is -2.16. The van der Waals surface area contributed by atoms with E-state index in [4.69, 9.17) is 0 Å². The first-order valence-electron chi connectivity index (χ1n) is 6.48. The van der Waals surface area contributed by atoms with Gasteiger partial charge in [-0.05, 0) is 26.1 Å². The second kappa shape index (κ2) is 23.1. The molecule has 1 heteroatoms. The van der Waals surface area contributed by atoms with Crippen LogP contribution in [0.1, 0.15) is 67.7 Å². The Bertz CT molecular complexity index is 58.3. The Kier molecular flexibility index (Phi) is 32.2. The van der Waals surface area contributed by atoms with Crippen molar-refractivity contribution < 1.29 is 0 Å². The lowest BCUT2D eigenvalue weighted by molar-refractivity contribution is 0.299. The molecule has 0 spiro atoms. The van der Waals surface area contributed by atoms with Gasteiger partial charge in [0.25, 0.3) is 0 Å². The molecule has 0 fully saturated rings. The lowest BCUT2D eigenvalue weighted by Crippen LogP contribution is -2.23. The molecule has 0 aromatic rings. The predicted octanol–water partition coefficient (Wildman–Crippen LogP) is 4.57. The second-order valence-corrected chi connectivity index (χ2v) is 3.09. The van der Waals surface area contributed by atoms with Crippen molar-refractivity contribution in [3.63, 3.8) is 0 Å². The summed E-state index contributed by atoms with van der Waals surface area (Å²) in [6.07, 6.45) is 3.91. The Morgan fingerprint density at radius 1 is 0.786 bits per heavy atom. The Labute approximate surface area is 92.9 Å². The molecule has 0 radical (unpaired) electrons. The largest absolute Gasteiger partial charge is 0.304 e. The Hall–Kier alpha value is -0.0400. The molecule has 1 nitrogen and oxygen atoms in total. The first kappa shape index (κ1) is 19.5. The van der Waals surface area contributed by atoms with E-state index in [1.807, 2.05) is 13.8 Å². The van der Waals surface area contributed by atoms with E-state index < -0.39 is 0 Å². The molecule has 0 amide bonds. The summed E-state index contributed by atoms with van der Waals surface area (Å²) in [4.78, 5) is 2.46. The molecular weight excluding hydrogens is 170 g/mol. The molecule has 0 aliphatic heterocycles. The van der Waals surface area contributed by atoms with E-state index in [1.54, 1.807) is 0 Å². The summed E-state index contributed by atoms with van der Waals surface area (Å²) in [7, 11) is 0. The van der Waals surface area contributed by atoms with Crippen molar-refractivity contribution in [3.8, 4) is 0 Å². The van der Waals surface area contributed by atoms with E-state index in [0.717, 1.165) is 0 Å². The first-order chi connectivity index (χ1) is 6.76. The zero-order chi connectivity index (χ0) is 11.8. The topological polar surface area (TPSA) is 3.24 Å². The van der Waals surface area contributed by atoms with Gasteiger partial charge in [0.2, 0.25) is 0 Å². The normalized spacial score (nSPS) is 8.57. The third kappa shape index (κ3) is 22.7. The van der Waals surface area contributed by atoms with Gasteiger partial charge in [0.1, 0.15) is 0 Å². The average Bonchev–Trinajstić information content (AvgIpc) is 2.24. The molecule has 0 bridgehead atoms. The fourth-order valence-corrected chi connectivity index (χ4v) is 0.922. The van der Waals surface area contributed by atoms with Crippen molar-refractivity contribution in [3.05, 3.63) is 0 Å². The molecule has 0 atom stereocenters. The summed E-state index contributed by atoms with van der Waals surface area (Å²) >= 11 is 0. The number of unbranched alkanes of at least 4 members (excludes halogenated alkanes) is 1. The van der Waals surface area contributed by atoms with Gasteiger partial charge in [-0.1, -0.05) is 61.3 Å². The summed E-state index contributed by atoms with van der Waals surface area (Å²) in [6.45, 7) is 18.6. The molecule has 0 heterocycles.